The van der Waals surface area contributed by atoms with Gasteiger partial charge in [-0.1, -0.05) is 12.1 Å². The molecule has 0 bridgehead atoms. The van der Waals surface area contributed by atoms with Crippen molar-refractivity contribution in [3.8, 4) is 17.3 Å². The number of nitriles is 1. The number of aryl methyl sites for hydroxylation is 3. The van der Waals surface area contributed by atoms with Crippen LogP contribution in [0, 0.1) is 18.3 Å². The van der Waals surface area contributed by atoms with Crippen LogP contribution < -0.4 is 0 Å². The van der Waals surface area contributed by atoms with Gasteiger partial charge in [0.1, 0.15) is 6.07 Å². The molecular weight excluding hydrogens is 234 g/mol. The zero-order chi connectivity index (χ0) is 13.2. The summed E-state index contributed by atoms with van der Waals surface area (Å²) in [6.45, 7) is 1.89. The van der Waals surface area contributed by atoms with Crippen LogP contribution in [-0.4, -0.2) is 9.97 Å². The fourth-order valence-electron chi connectivity index (χ4n) is 2.66. The molecule has 1 aromatic carbocycles. The minimum absolute atomic E-state index is 0.243. The lowest BCUT2D eigenvalue weighted by Crippen LogP contribution is -2.03. The number of hydrogen-bond acceptors (Lipinski definition) is 3. The van der Waals surface area contributed by atoms with E-state index in [0.717, 1.165) is 23.4 Å². The molecule has 2 aromatic rings. The van der Waals surface area contributed by atoms with Gasteiger partial charge < -0.3 is 0 Å². The van der Waals surface area contributed by atoms with Crippen LogP contribution >= 0.6 is 0 Å². The average Bonchev–Trinajstić information content (AvgIpc) is 2.46. The summed E-state index contributed by atoms with van der Waals surface area (Å²) in [7, 11) is 0. The van der Waals surface area contributed by atoms with Gasteiger partial charge in [0, 0.05) is 11.3 Å². The molecule has 0 saturated carbocycles. The first-order chi connectivity index (χ1) is 9.26. The Labute approximate surface area is 113 Å². The molecule has 1 heterocycles. The predicted molar refractivity (Wildman–Crippen MR) is 73.6 cm³/mol. The smallest absolute Gasteiger partial charge is 0.224 e. The highest BCUT2D eigenvalue weighted by Gasteiger charge is 2.11. The van der Waals surface area contributed by atoms with Gasteiger partial charge in [0.05, 0.1) is 5.69 Å². The molecule has 0 spiro atoms. The lowest BCUT2D eigenvalue weighted by atomic mass is 9.90. The van der Waals surface area contributed by atoms with Crippen LogP contribution in [0.1, 0.15) is 35.5 Å². The van der Waals surface area contributed by atoms with Crippen molar-refractivity contribution in [2.24, 2.45) is 0 Å². The molecule has 3 heteroatoms. The molecular formula is C16H15N3. The van der Waals surface area contributed by atoms with Gasteiger partial charge in [0.15, 0.2) is 0 Å². The van der Waals surface area contributed by atoms with E-state index in [0.29, 0.717) is 0 Å². The van der Waals surface area contributed by atoms with Crippen molar-refractivity contribution in [2.75, 3.05) is 0 Å². The first kappa shape index (κ1) is 11.9. The van der Waals surface area contributed by atoms with E-state index in [1.54, 1.807) is 0 Å². The Kier molecular flexibility index (Phi) is 3.00. The zero-order valence-corrected chi connectivity index (χ0v) is 11.0. The van der Waals surface area contributed by atoms with Crippen LogP contribution in [0.5, 0.6) is 0 Å². The van der Waals surface area contributed by atoms with Crippen molar-refractivity contribution in [1.29, 1.82) is 5.26 Å². The molecule has 3 rings (SSSR count). The van der Waals surface area contributed by atoms with Crippen LogP contribution in [0.15, 0.2) is 24.3 Å². The lowest BCUT2D eigenvalue weighted by molar-refractivity contribution is 0.686. The molecule has 0 N–H and O–H groups in total. The van der Waals surface area contributed by atoms with Gasteiger partial charge in [-0.3, -0.25) is 0 Å². The van der Waals surface area contributed by atoms with E-state index in [1.165, 1.54) is 30.4 Å². The normalized spacial score (nSPS) is 13.7. The molecule has 0 aliphatic heterocycles. The maximum Gasteiger partial charge on any atom is 0.232 e. The summed E-state index contributed by atoms with van der Waals surface area (Å²) in [5, 5.41) is 8.95. The van der Waals surface area contributed by atoms with Crippen molar-refractivity contribution in [3.05, 3.63) is 46.9 Å². The molecule has 1 aliphatic rings. The molecule has 19 heavy (non-hydrogen) atoms. The zero-order valence-electron chi connectivity index (χ0n) is 11.0. The van der Waals surface area contributed by atoms with E-state index in [9.17, 15) is 0 Å². The van der Waals surface area contributed by atoms with Crippen molar-refractivity contribution in [3.63, 3.8) is 0 Å². The predicted octanol–water partition coefficient (Wildman–Crippen LogP) is 3.20. The van der Waals surface area contributed by atoms with Gasteiger partial charge in [-0.25, -0.2) is 9.97 Å². The van der Waals surface area contributed by atoms with E-state index >= 15 is 0 Å². The number of hydrogen-bond donors (Lipinski definition) is 0. The van der Waals surface area contributed by atoms with Gasteiger partial charge in [0.2, 0.25) is 5.82 Å². The molecule has 0 amide bonds. The summed E-state index contributed by atoms with van der Waals surface area (Å²) in [6, 6.07) is 10.5. The standard InChI is InChI=1S/C16H15N3/c1-11-8-15(19-16(10-17)18-11)14-7-6-12-4-2-3-5-13(12)9-14/h6-9H,2-5H2,1H3. The van der Waals surface area contributed by atoms with Crippen LogP contribution in [0.3, 0.4) is 0 Å². The van der Waals surface area contributed by atoms with Crippen LogP contribution in [0.4, 0.5) is 0 Å². The Balaban J connectivity index is 2.07. The molecule has 0 radical (unpaired) electrons. The third-order valence-corrected chi connectivity index (χ3v) is 3.60. The highest BCUT2D eigenvalue weighted by atomic mass is 14.9. The first-order valence-corrected chi connectivity index (χ1v) is 6.64. The molecule has 94 valence electrons. The Morgan fingerprint density at radius 3 is 2.63 bits per heavy atom. The average molecular weight is 249 g/mol. The maximum absolute atomic E-state index is 8.95. The molecule has 1 aliphatic carbocycles. The molecule has 0 saturated heterocycles. The van der Waals surface area contributed by atoms with Gasteiger partial charge in [0.25, 0.3) is 0 Å². The SMILES string of the molecule is Cc1cc(-c2ccc3c(c2)CCCC3)nc(C#N)n1. The highest BCUT2D eigenvalue weighted by Crippen LogP contribution is 2.26. The number of fused-ring (bicyclic) bond motifs is 1. The minimum atomic E-state index is 0.243. The van der Waals surface area contributed by atoms with Crippen molar-refractivity contribution >= 4 is 0 Å². The molecule has 0 atom stereocenters. The second kappa shape index (κ2) is 4.81. The van der Waals surface area contributed by atoms with Crippen molar-refractivity contribution in [1.82, 2.24) is 9.97 Å². The summed E-state index contributed by atoms with van der Waals surface area (Å²) >= 11 is 0. The first-order valence-electron chi connectivity index (χ1n) is 6.64. The highest BCUT2D eigenvalue weighted by molar-refractivity contribution is 5.62. The second-order valence-electron chi connectivity index (χ2n) is 5.02. The number of rotatable bonds is 1. The molecule has 1 aromatic heterocycles. The van der Waals surface area contributed by atoms with Crippen molar-refractivity contribution in [2.45, 2.75) is 32.6 Å². The fourth-order valence-corrected chi connectivity index (χ4v) is 2.66. The summed E-state index contributed by atoms with van der Waals surface area (Å²) in [5.41, 5.74) is 5.65. The topological polar surface area (TPSA) is 49.6 Å². The van der Waals surface area contributed by atoms with E-state index in [2.05, 4.69) is 28.2 Å². The number of aromatic nitrogens is 2. The van der Waals surface area contributed by atoms with Crippen LogP contribution in [0.25, 0.3) is 11.3 Å². The number of nitrogens with zero attached hydrogens (tertiary/aromatic N) is 3. The number of benzene rings is 1. The van der Waals surface area contributed by atoms with Gasteiger partial charge >= 0.3 is 0 Å². The largest absolute Gasteiger partial charge is 0.232 e. The molecule has 3 nitrogen and oxygen atoms in total. The van der Waals surface area contributed by atoms with Crippen LogP contribution in [-0.2, 0) is 12.8 Å². The molecule has 0 unspecified atom stereocenters. The summed E-state index contributed by atoms with van der Waals surface area (Å²) in [4.78, 5) is 8.39. The molecule has 0 fully saturated rings. The van der Waals surface area contributed by atoms with Gasteiger partial charge in [-0.15, -0.1) is 0 Å². The lowest BCUT2D eigenvalue weighted by Gasteiger charge is -2.16. The van der Waals surface area contributed by atoms with E-state index in [1.807, 2.05) is 19.1 Å². The Morgan fingerprint density at radius 2 is 1.84 bits per heavy atom. The van der Waals surface area contributed by atoms with Gasteiger partial charge in [-0.2, -0.15) is 5.26 Å². The van der Waals surface area contributed by atoms with Crippen molar-refractivity contribution < 1.29 is 0 Å². The third-order valence-electron chi connectivity index (χ3n) is 3.60. The summed E-state index contributed by atoms with van der Waals surface area (Å²) in [5.74, 6) is 0.243. The Morgan fingerprint density at radius 1 is 1.05 bits per heavy atom. The third kappa shape index (κ3) is 2.34. The quantitative estimate of drug-likeness (QED) is 0.779. The monoisotopic (exact) mass is 249 g/mol. The summed E-state index contributed by atoms with van der Waals surface area (Å²) in [6.07, 6.45) is 4.89. The van der Waals surface area contributed by atoms with E-state index in [4.69, 9.17) is 5.26 Å². The van der Waals surface area contributed by atoms with Crippen LogP contribution in [0.2, 0.25) is 0 Å². The summed E-state index contributed by atoms with van der Waals surface area (Å²) < 4.78 is 0. The van der Waals surface area contributed by atoms with E-state index in [-0.39, 0.29) is 5.82 Å². The Hall–Kier alpha value is -2.21. The fraction of sp³-hybridized carbons (Fsp3) is 0.312. The second-order valence-corrected chi connectivity index (χ2v) is 5.02. The Bertz CT molecular complexity index is 668. The minimum Gasteiger partial charge on any atom is -0.224 e. The van der Waals surface area contributed by atoms with Gasteiger partial charge in [-0.05, 0) is 55.9 Å². The maximum atomic E-state index is 8.95. The van der Waals surface area contributed by atoms with E-state index < -0.39 is 0 Å².